The summed E-state index contributed by atoms with van der Waals surface area (Å²) in [5.41, 5.74) is 0.473. The van der Waals surface area contributed by atoms with Crippen LogP contribution in [0.25, 0.3) is 0 Å². The monoisotopic (exact) mass is 344 g/mol. The lowest BCUT2D eigenvalue weighted by Gasteiger charge is -2.11. The molecule has 110 valence electrons. The van der Waals surface area contributed by atoms with E-state index in [0.717, 1.165) is 4.47 Å². The van der Waals surface area contributed by atoms with E-state index in [1.807, 2.05) is 0 Å². The number of carbonyl (C=O) groups excluding carboxylic acids is 2. The van der Waals surface area contributed by atoms with Crippen molar-refractivity contribution in [2.24, 2.45) is 0 Å². The molecule has 2 amide bonds. The van der Waals surface area contributed by atoms with Crippen LogP contribution in [0.2, 0.25) is 0 Å². The van der Waals surface area contributed by atoms with Crippen LogP contribution < -0.4 is 10.6 Å². The van der Waals surface area contributed by atoms with E-state index in [1.165, 1.54) is 7.11 Å². The van der Waals surface area contributed by atoms with Crippen molar-refractivity contribution in [3.05, 3.63) is 34.3 Å². The first-order chi connectivity index (χ1) is 9.52. The van der Waals surface area contributed by atoms with Gasteiger partial charge in [-0.3, -0.25) is 9.59 Å². The molecule has 0 spiro atoms. The van der Waals surface area contributed by atoms with E-state index in [1.54, 1.807) is 24.3 Å². The molecule has 0 radical (unpaired) electrons. The molecule has 1 unspecified atom stereocenters. The second kappa shape index (κ2) is 8.68. The van der Waals surface area contributed by atoms with E-state index >= 15 is 0 Å². The molecular weight excluding hydrogens is 328 g/mol. The van der Waals surface area contributed by atoms with Crippen LogP contribution in [-0.2, 0) is 9.53 Å². The minimum atomic E-state index is -0.758. The third-order valence-corrected chi connectivity index (χ3v) is 2.94. The second-order valence-electron chi connectivity index (χ2n) is 4.10. The van der Waals surface area contributed by atoms with Gasteiger partial charge >= 0.3 is 0 Å². The molecule has 0 fully saturated rings. The van der Waals surface area contributed by atoms with Gasteiger partial charge in [0.15, 0.2) is 0 Å². The lowest BCUT2D eigenvalue weighted by Crippen LogP contribution is -2.40. The molecule has 0 aliphatic heterocycles. The third kappa shape index (κ3) is 6.14. The summed E-state index contributed by atoms with van der Waals surface area (Å²) in [4.78, 5) is 23.2. The van der Waals surface area contributed by atoms with Gasteiger partial charge in [-0.25, -0.2) is 0 Å². The maximum absolute atomic E-state index is 11.7. The number of nitrogens with one attached hydrogen (secondary N) is 2. The van der Waals surface area contributed by atoms with Gasteiger partial charge in [-0.1, -0.05) is 15.9 Å². The summed E-state index contributed by atoms with van der Waals surface area (Å²) in [6, 6.07) is 6.80. The van der Waals surface area contributed by atoms with Crippen LogP contribution in [0.15, 0.2) is 28.7 Å². The van der Waals surface area contributed by atoms with Crippen molar-refractivity contribution >= 4 is 27.7 Å². The largest absolute Gasteiger partial charge is 0.389 e. The van der Waals surface area contributed by atoms with Crippen molar-refractivity contribution in [2.75, 3.05) is 26.8 Å². The average Bonchev–Trinajstić information content (AvgIpc) is 2.43. The summed E-state index contributed by atoms with van der Waals surface area (Å²) in [5, 5.41) is 14.3. The summed E-state index contributed by atoms with van der Waals surface area (Å²) < 4.78 is 5.60. The normalized spacial score (nSPS) is 11.8. The Bertz CT molecular complexity index is 450. The fourth-order valence-electron chi connectivity index (χ4n) is 1.41. The molecule has 0 saturated heterocycles. The van der Waals surface area contributed by atoms with E-state index in [9.17, 15) is 14.7 Å². The highest BCUT2D eigenvalue weighted by atomic mass is 79.9. The van der Waals surface area contributed by atoms with Gasteiger partial charge in [0.1, 0.15) is 0 Å². The van der Waals surface area contributed by atoms with E-state index in [-0.39, 0.29) is 31.5 Å². The number of halogens is 1. The van der Waals surface area contributed by atoms with E-state index in [2.05, 4.69) is 26.6 Å². The molecule has 0 saturated carbocycles. The number of aliphatic hydroxyl groups is 1. The van der Waals surface area contributed by atoms with Gasteiger partial charge < -0.3 is 20.5 Å². The third-order valence-electron chi connectivity index (χ3n) is 2.41. The molecule has 0 aliphatic carbocycles. The average molecular weight is 345 g/mol. The van der Waals surface area contributed by atoms with Gasteiger partial charge in [0.05, 0.1) is 19.3 Å². The van der Waals surface area contributed by atoms with Crippen molar-refractivity contribution < 1.29 is 19.4 Å². The minimum Gasteiger partial charge on any atom is -0.389 e. The number of methoxy groups -OCH3 is 1. The number of rotatable bonds is 7. The van der Waals surface area contributed by atoms with Gasteiger partial charge in [-0.2, -0.15) is 0 Å². The lowest BCUT2D eigenvalue weighted by molar-refractivity contribution is -0.120. The van der Waals surface area contributed by atoms with Crippen molar-refractivity contribution in [1.82, 2.24) is 10.6 Å². The number of amides is 2. The highest BCUT2D eigenvalue weighted by molar-refractivity contribution is 9.10. The standard InChI is InChI=1S/C13H17BrN2O4/c1-20-8-11(17)6-15-12(18)7-16-13(19)9-2-4-10(14)5-3-9/h2-5,11,17H,6-8H2,1H3,(H,15,18)(H,16,19). The van der Waals surface area contributed by atoms with E-state index in [0.29, 0.717) is 5.56 Å². The van der Waals surface area contributed by atoms with Gasteiger partial charge in [0.25, 0.3) is 5.91 Å². The molecule has 0 heterocycles. The van der Waals surface area contributed by atoms with Crippen LogP contribution in [0.5, 0.6) is 0 Å². The molecule has 7 heteroatoms. The maximum atomic E-state index is 11.7. The second-order valence-corrected chi connectivity index (χ2v) is 5.02. The number of hydrogen-bond acceptors (Lipinski definition) is 4. The summed E-state index contributed by atoms with van der Waals surface area (Å²) >= 11 is 3.27. The highest BCUT2D eigenvalue weighted by Crippen LogP contribution is 2.10. The first-order valence-corrected chi connectivity index (χ1v) is 6.79. The minimum absolute atomic E-state index is 0.0842. The van der Waals surface area contributed by atoms with Crippen molar-refractivity contribution in [2.45, 2.75) is 6.10 Å². The summed E-state index contributed by atoms with van der Waals surface area (Å²) in [6.07, 6.45) is -0.758. The predicted octanol–water partition coefficient (Wildman–Crippen LogP) is 0.302. The molecule has 3 N–H and O–H groups in total. The fourth-order valence-corrected chi connectivity index (χ4v) is 1.67. The Morgan fingerprint density at radius 3 is 2.55 bits per heavy atom. The molecule has 1 atom stereocenters. The number of aliphatic hydroxyl groups excluding tert-OH is 1. The lowest BCUT2D eigenvalue weighted by atomic mass is 10.2. The fraction of sp³-hybridized carbons (Fsp3) is 0.385. The Kier molecular flexibility index (Phi) is 7.21. The number of carbonyl (C=O) groups is 2. The molecule has 6 nitrogen and oxygen atoms in total. The SMILES string of the molecule is COCC(O)CNC(=O)CNC(=O)c1ccc(Br)cc1. The quantitative estimate of drug-likeness (QED) is 0.664. The molecule has 0 bridgehead atoms. The van der Waals surface area contributed by atoms with Crippen molar-refractivity contribution in [3.8, 4) is 0 Å². The highest BCUT2D eigenvalue weighted by Gasteiger charge is 2.09. The molecule has 20 heavy (non-hydrogen) atoms. The predicted molar refractivity (Wildman–Crippen MR) is 77.4 cm³/mol. The van der Waals surface area contributed by atoms with Gasteiger partial charge in [-0.15, -0.1) is 0 Å². The molecule has 1 rings (SSSR count). The zero-order valence-corrected chi connectivity index (χ0v) is 12.6. The number of hydrogen-bond donors (Lipinski definition) is 3. The number of benzene rings is 1. The first-order valence-electron chi connectivity index (χ1n) is 6.00. The van der Waals surface area contributed by atoms with E-state index in [4.69, 9.17) is 4.74 Å². The molecular formula is C13H17BrN2O4. The van der Waals surface area contributed by atoms with Crippen LogP contribution in [0.4, 0.5) is 0 Å². The summed E-state index contributed by atoms with van der Waals surface area (Å²) in [6.45, 7) is 0.0843. The van der Waals surface area contributed by atoms with Crippen LogP contribution in [0.1, 0.15) is 10.4 Å². The Hall–Kier alpha value is -1.44. The Morgan fingerprint density at radius 2 is 1.95 bits per heavy atom. The van der Waals surface area contributed by atoms with Crippen LogP contribution in [-0.4, -0.2) is 49.8 Å². The Balaban J connectivity index is 2.30. The molecule has 1 aromatic rings. The Labute approximate surface area is 125 Å². The smallest absolute Gasteiger partial charge is 0.251 e. The topological polar surface area (TPSA) is 87.7 Å². The van der Waals surface area contributed by atoms with Crippen LogP contribution in [0, 0.1) is 0 Å². The van der Waals surface area contributed by atoms with Crippen LogP contribution in [0.3, 0.4) is 0 Å². The zero-order chi connectivity index (χ0) is 15.0. The Morgan fingerprint density at radius 1 is 1.30 bits per heavy atom. The molecule has 0 aromatic heterocycles. The first kappa shape index (κ1) is 16.6. The van der Waals surface area contributed by atoms with Crippen molar-refractivity contribution in [3.63, 3.8) is 0 Å². The number of ether oxygens (including phenoxy) is 1. The molecule has 0 aliphatic rings. The summed E-state index contributed by atoms with van der Waals surface area (Å²) in [5.74, 6) is -0.698. The van der Waals surface area contributed by atoms with Gasteiger partial charge in [0, 0.05) is 23.7 Å². The molecule has 1 aromatic carbocycles. The van der Waals surface area contributed by atoms with Gasteiger partial charge in [0.2, 0.25) is 5.91 Å². The van der Waals surface area contributed by atoms with Gasteiger partial charge in [-0.05, 0) is 24.3 Å². The van der Waals surface area contributed by atoms with Crippen LogP contribution >= 0.6 is 15.9 Å². The summed E-state index contributed by atoms with van der Waals surface area (Å²) in [7, 11) is 1.46. The van der Waals surface area contributed by atoms with E-state index < -0.39 is 6.10 Å². The van der Waals surface area contributed by atoms with Crippen molar-refractivity contribution in [1.29, 1.82) is 0 Å². The zero-order valence-electron chi connectivity index (χ0n) is 11.1. The maximum Gasteiger partial charge on any atom is 0.251 e.